The van der Waals surface area contributed by atoms with Gasteiger partial charge in [0.1, 0.15) is 5.75 Å². The van der Waals surface area contributed by atoms with Crippen LogP contribution in [0.1, 0.15) is 22.9 Å². The monoisotopic (exact) mass is 363 g/mol. The summed E-state index contributed by atoms with van der Waals surface area (Å²) in [6.45, 7) is 5.83. The fourth-order valence-corrected chi connectivity index (χ4v) is 3.68. The summed E-state index contributed by atoms with van der Waals surface area (Å²) in [5.41, 5.74) is 4.56. The molecule has 0 radical (unpaired) electrons. The van der Waals surface area contributed by atoms with Crippen molar-refractivity contribution < 1.29 is 4.74 Å². The van der Waals surface area contributed by atoms with E-state index in [1.807, 2.05) is 28.9 Å². The first-order valence-electron chi connectivity index (χ1n) is 9.29. The molecule has 0 bridgehead atoms. The number of nitrogens with one attached hydrogen (secondary N) is 1. The summed E-state index contributed by atoms with van der Waals surface area (Å²) in [5, 5.41) is 8.22. The lowest BCUT2D eigenvalue weighted by molar-refractivity contribution is 0.151. The Morgan fingerprint density at radius 2 is 2.00 bits per heavy atom. The number of piperazine rings is 1. The molecule has 0 amide bonds. The molecule has 6 heteroatoms. The van der Waals surface area contributed by atoms with Crippen LogP contribution in [0.3, 0.4) is 0 Å². The number of ether oxygens (including phenoxy) is 1. The third-order valence-electron chi connectivity index (χ3n) is 5.15. The number of para-hydroxylation sites is 1. The third kappa shape index (κ3) is 3.72. The fourth-order valence-electron chi connectivity index (χ4n) is 3.68. The van der Waals surface area contributed by atoms with Gasteiger partial charge in [-0.05, 0) is 25.1 Å². The first-order valence-corrected chi connectivity index (χ1v) is 9.29. The van der Waals surface area contributed by atoms with Crippen LogP contribution in [0.15, 0.2) is 55.0 Å². The van der Waals surface area contributed by atoms with Crippen molar-refractivity contribution in [1.29, 1.82) is 0 Å². The van der Waals surface area contributed by atoms with E-state index in [0.717, 1.165) is 43.3 Å². The van der Waals surface area contributed by atoms with E-state index in [-0.39, 0.29) is 6.04 Å². The van der Waals surface area contributed by atoms with E-state index in [2.05, 4.69) is 40.5 Å². The van der Waals surface area contributed by atoms with Crippen LogP contribution in [0.5, 0.6) is 5.75 Å². The Labute approximate surface area is 159 Å². The molecule has 1 N–H and O–H groups in total. The van der Waals surface area contributed by atoms with Gasteiger partial charge in [-0.25, -0.2) is 4.68 Å². The fraction of sp³-hybridized carbons (Fsp3) is 0.333. The number of methoxy groups -OCH3 is 1. The predicted octanol–water partition coefficient (Wildman–Crippen LogP) is 2.73. The van der Waals surface area contributed by atoms with Gasteiger partial charge in [-0.15, -0.1) is 0 Å². The molecule has 3 heterocycles. The minimum Gasteiger partial charge on any atom is -0.496 e. The molecule has 0 aliphatic carbocycles. The molecular formula is C21H25N5O. The van der Waals surface area contributed by atoms with Crippen LogP contribution in [0.2, 0.25) is 0 Å². The molecule has 1 aliphatic heterocycles. The molecule has 0 saturated carbocycles. The Bertz CT molecular complexity index is 893. The maximum atomic E-state index is 5.61. The highest BCUT2D eigenvalue weighted by molar-refractivity contribution is 5.37. The van der Waals surface area contributed by atoms with Gasteiger partial charge < -0.3 is 10.1 Å². The first-order chi connectivity index (χ1) is 13.3. The molecule has 0 spiro atoms. The highest BCUT2D eigenvalue weighted by Crippen LogP contribution is 2.31. The van der Waals surface area contributed by atoms with Gasteiger partial charge in [-0.2, -0.15) is 5.10 Å². The Morgan fingerprint density at radius 1 is 1.19 bits per heavy atom. The van der Waals surface area contributed by atoms with Crippen molar-refractivity contribution >= 4 is 0 Å². The van der Waals surface area contributed by atoms with Crippen molar-refractivity contribution in [2.75, 3.05) is 26.7 Å². The lowest BCUT2D eigenvalue weighted by atomic mass is 10.0. The van der Waals surface area contributed by atoms with Gasteiger partial charge in [0.25, 0.3) is 0 Å². The SMILES string of the molecule is COc1ccccc1C1CNCCN1Cc1cn(-c2ccncc2)nc1C. The maximum absolute atomic E-state index is 5.61. The van der Waals surface area contributed by atoms with Gasteiger partial charge in [0.15, 0.2) is 0 Å². The van der Waals surface area contributed by atoms with E-state index in [1.165, 1.54) is 11.1 Å². The molecule has 1 saturated heterocycles. The molecule has 2 aromatic heterocycles. The van der Waals surface area contributed by atoms with Crippen molar-refractivity contribution in [1.82, 2.24) is 25.0 Å². The highest BCUT2D eigenvalue weighted by Gasteiger charge is 2.27. The van der Waals surface area contributed by atoms with Gasteiger partial charge in [0.05, 0.1) is 24.5 Å². The smallest absolute Gasteiger partial charge is 0.123 e. The van der Waals surface area contributed by atoms with Gasteiger partial charge in [0.2, 0.25) is 0 Å². The van der Waals surface area contributed by atoms with Gasteiger partial charge >= 0.3 is 0 Å². The number of hydrogen-bond acceptors (Lipinski definition) is 5. The van der Waals surface area contributed by atoms with E-state index < -0.39 is 0 Å². The topological polar surface area (TPSA) is 55.2 Å². The number of rotatable bonds is 5. The molecule has 1 aliphatic rings. The Hall–Kier alpha value is -2.70. The van der Waals surface area contributed by atoms with Crippen LogP contribution in [0, 0.1) is 6.92 Å². The first kappa shape index (κ1) is 17.7. The Balaban J connectivity index is 1.60. The zero-order valence-corrected chi connectivity index (χ0v) is 15.8. The number of pyridine rings is 1. The number of aryl methyl sites for hydroxylation is 1. The quantitative estimate of drug-likeness (QED) is 0.755. The van der Waals surface area contributed by atoms with Crippen LogP contribution in [-0.4, -0.2) is 46.4 Å². The summed E-state index contributed by atoms with van der Waals surface area (Å²) >= 11 is 0. The van der Waals surface area contributed by atoms with E-state index in [0.29, 0.717) is 0 Å². The standard InChI is InChI=1S/C21H25N5O/c1-16-17(15-26(24-16)18-7-9-22-10-8-18)14-25-12-11-23-13-20(25)19-5-3-4-6-21(19)27-2/h3-10,15,20,23H,11-14H2,1-2H3. The van der Waals surface area contributed by atoms with E-state index >= 15 is 0 Å². The highest BCUT2D eigenvalue weighted by atomic mass is 16.5. The number of benzene rings is 1. The predicted molar refractivity (Wildman–Crippen MR) is 105 cm³/mol. The second-order valence-electron chi connectivity index (χ2n) is 6.82. The van der Waals surface area contributed by atoms with Crippen LogP contribution < -0.4 is 10.1 Å². The number of nitrogens with zero attached hydrogens (tertiary/aromatic N) is 4. The van der Waals surface area contributed by atoms with E-state index in [1.54, 1.807) is 19.5 Å². The maximum Gasteiger partial charge on any atom is 0.123 e. The average molecular weight is 363 g/mol. The van der Waals surface area contributed by atoms with Crippen LogP contribution in [-0.2, 0) is 6.54 Å². The Morgan fingerprint density at radius 3 is 2.81 bits per heavy atom. The zero-order valence-electron chi connectivity index (χ0n) is 15.8. The Kier molecular flexibility index (Phi) is 5.18. The summed E-state index contributed by atoms with van der Waals surface area (Å²) in [7, 11) is 1.74. The molecule has 3 aromatic rings. The molecule has 1 atom stereocenters. The summed E-state index contributed by atoms with van der Waals surface area (Å²) in [4.78, 5) is 6.59. The third-order valence-corrected chi connectivity index (χ3v) is 5.15. The normalized spacial score (nSPS) is 17.8. The van der Waals surface area contributed by atoms with Crippen molar-refractivity contribution in [3.05, 3.63) is 71.8 Å². The van der Waals surface area contributed by atoms with Crippen LogP contribution >= 0.6 is 0 Å². The van der Waals surface area contributed by atoms with Gasteiger partial charge in [-0.1, -0.05) is 18.2 Å². The molecule has 4 rings (SSSR count). The summed E-state index contributed by atoms with van der Waals surface area (Å²) in [6.07, 6.45) is 5.71. The lowest BCUT2D eigenvalue weighted by Gasteiger charge is -2.37. The van der Waals surface area contributed by atoms with Crippen molar-refractivity contribution in [2.45, 2.75) is 19.5 Å². The molecule has 1 aromatic carbocycles. The summed E-state index contributed by atoms with van der Waals surface area (Å²) in [6, 6.07) is 12.5. The van der Waals surface area contributed by atoms with Crippen LogP contribution in [0.4, 0.5) is 0 Å². The summed E-state index contributed by atoms with van der Waals surface area (Å²) in [5.74, 6) is 0.945. The lowest BCUT2D eigenvalue weighted by Crippen LogP contribution is -2.45. The van der Waals surface area contributed by atoms with Gasteiger partial charge in [-0.3, -0.25) is 9.88 Å². The van der Waals surface area contributed by atoms with Crippen LogP contribution in [0.25, 0.3) is 5.69 Å². The molecule has 27 heavy (non-hydrogen) atoms. The molecule has 1 fully saturated rings. The number of hydrogen-bond donors (Lipinski definition) is 1. The largest absolute Gasteiger partial charge is 0.496 e. The van der Waals surface area contributed by atoms with Gasteiger partial charge in [0, 0.05) is 55.9 Å². The zero-order chi connectivity index (χ0) is 18.6. The molecule has 140 valence electrons. The minimum absolute atomic E-state index is 0.276. The van der Waals surface area contributed by atoms with Crippen molar-refractivity contribution in [3.63, 3.8) is 0 Å². The van der Waals surface area contributed by atoms with Crippen molar-refractivity contribution in [3.8, 4) is 11.4 Å². The molecule has 1 unspecified atom stereocenters. The summed E-state index contributed by atoms with van der Waals surface area (Å²) < 4.78 is 7.54. The molecule has 6 nitrogen and oxygen atoms in total. The van der Waals surface area contributed by atoms with E-state index in [4.69, 9.17) is 9.84 Å². The average Bonchev–Trinajstić information content (AvgIpc) is 3.09. The number of aromatic nitrogens is 3. The minimum atomic E-state index is 0.276. The second kappa shape index (κ2) is 7.90. The van der Waals surface area contributed by atoms with Crippen molar-refractivity contribution in [2.24, 2.45) is 0 Å². The molecular weight excluding hydrogens is 338 g/mol. The second-order valence-corrected chi connectivity index (χ2v) is 6.82. The van der Waals surface area contributed by atoms with E-state index in [9.17, 15) is 0 Å².